The highest BCUT2D eigenvalue weighted by Gasteiger charge is 2.13. The summed E-state index contributed by atoms with van der Waals surface area (Å²) in [7, 11) is 0. The third kappa shape index (κ3) is 3.35. The van der Waals surface area contributed by atoms with Crippen LogP contribution in [0.1, 0.15) is 20.9 Å². The van der Waals surface area contributed by atoms with Gasteiger partial charge in [0.2, 0.25) is 0 Å². The van der Waals surface area contributed by atoms with Gasteiger partial charge in [-0.05, 0) is 36.2 Å². The number of carbonyl (C=O) groups is 2. The number of hydrogen-bond acceptors (Lipinski definition) is 5. The minimum Gasteiger partial charge on any atom is -0.481 e. The van der Waals surface area contributed by atoms with Gasteiger partial charge in [-0.2, -0.15) is 0 Å². The monoisotopic (exact) mass is 277 g/mol. The molecule has 0 aliphatic rings. The molecule has 0 saturated heterocycles. The molecule has 2 aromatic rings. The van der Waals surface area contributed by atoms with E-state index in [2.05, 4.69) is 14.9 Å². The Kier molecular flexibility index (Phi) is 3.86. The molecule has 0 radical (unpaired) electrons. The maximum Gasteiger partial charge on any atom is 0.307 e. The van der Waals surface area contributed by atoms with Gasteiger partial charge < -0.3 is 10.4 Å². The van der Waals surface area contributed by atoms with Gasteiger partial charge in [-0.25, -0.2) is 0 Å². The summed E-state index contributed by atoms with van der Waals surface area (Å²) >= 11 is 1.04. The van der Waals surface area contributed by atoms with Crippen LogP contribution in [0.4, 0.5) is 5.69 Å². The molecule has 7 heteroatoms. The number of aromatic nitrogens is 2. The first-order chi connectivity index (χ1) is 9.06. The molecule has 2 N–H and O–H groups in total. The van der Waals surface area contributed by atoms with Gasteiger partial charge in [-0.3, -0.25) is 9.59 Å². The second-order valence-electron chi connectivity index (χ2n) is 3.91. The second-order valence-corrected chi connectivity index (χ2v) is 4.66. The molecule has 0 spiro atoms. The van der Waals surface area contributed by atoms with Crippen molar-refractivity contribution < 1.29 is 14.7 Å². The van der Waals surface area contributed by atoms with Crippen LogP contribution < -0.4 is 5.32 Å². The number of carboxylic acid groups (broad SMARTS) is 1. The maximum absolute atomic E-state index is 11.9. The van der Waals surface area contributed by atoms with E-state index < -0.39 is 5.97 Å². The lowest BCUT2D eigenvalue weighted by atomic mass is 10.1. The van der Waals surface area contributed by atoms with Crippen molar-refractivity contribution in [1.82, 2.24) is 9.59 Å². The third-order valence-electron chi connectivity index (χ3n) is 2.42. The van der Waals surface area contributed by atoms with Gasteiger partial charge in [0.25, 0.3) is 5.91 Å². The summed E-state index contributed by atoms with van der Waals surface area (Å²) in [4.78, 5) is 22.9. The molecule has 1 amide bonds. The van der Waals surface area contributed by atoms with Crippen LogP contribution in [0.15, 0.2) is 24.3 Å². The summed E-state index contributed by atoms with van der Waals surface area (Å²) in [6.45, 7) is 1.72. The molecule has 0 bridgehead atoms. The molecule has 19 heavy (non-hydrogen) atoms. The molecular formula is C12H11N3O3S. The van der Waals surface area contributed by atoms with Crippen LogP contribution in [0.25, 0.3) is 0 Å². The summed E-state index contributed by atoms with van der Waals surface area (Å²) in [5, 5.41) is 15.1. The minimum atomic E-state index is -0.886. The van der Waals surface area contributed by atoms with E-state index in [0.717, 1.165) is 11.5 Å². The van der Waals surface area contributed by atoms with Crippen LogP contribution in [0, 0.1) is 6.92 Å². The van der Waals surface area contributed by atoms with Crippen LogP contribution in [-0.2, 0) is 11.2 Å². The van der Waals surface area contributed by atoms with E-state index in [0.29, 0.717) is 21.8 Å². The molecule has 0 unspecified atom stereocenters. The lowest BCUT2D eigenvalue weighted by molar-refractivity contribution is -0.136. The molecule has 2 rings (SSSR count). The third-order valence-corrected chi connectivity index (χ3v) is 3.25. The summed E-state index contributed by atoms with van der Waals surface area (Å²) in [6, 6.07) is 6.67. The van der Waals surface area contributed by atoms with Crippen LogP contribution in [-0.4, -0.2) is 26.6 Å². The number of aliphatic carboxylic acids is 1. The fourth-order valence-corrected chi connectivity index (χ4v) is 2.06. The van der Waals surface area contributed by atoms with Crippen molar-refractivity contribution in [3.63, 3.8) is 0 Å². The predicted octanol–water partition coefficient (Wildman–Crippen LogP) is 1.73. The van der Waals surface area contributed by atoms with Crippen molar-refractivity contribution >= 4 is 29.1 Å². The van der Waals surface area contributed by atoms with Gasteiger partial charge in [0.05, 0.1) is 12.1 Å². The number of hydrogen-bond donors (Lipinski definition) is 2. The van der Waals surface area contributed by atoms with E-state index in [1.807, 2.05) is 0 Å². The zero-order valence-corrected chi connectivity index (χ0v) is 10.9. The first-order valence-electron chi connectivity index (χ1n) is 5.47. The normalized spacial score (nSPS) is 10.2. The standard InChI is InChI=1S/C12H11N3O3S/c1-7-11(19-15-14-7)12(18)13-9-4-2-8(3-5-9)6-10(16)17/h2-5H,6H2,1H3,(H,13,18)(H,16,17). The topological polar surface area (TPSA) is 92.2 Å². The Hall–Kier alpha value is -2.28. The number of nitrogens with one attached hydrogen (secondary N) is 1. The first-order valence-corrected chi connectivity index (χ1v) is 6.24. The Morgan fingerprint density at radius 3 is 2.53 bits per heavy atom. The Morgan fingerprint density at radius 2 is 2.00 bits per heavy atom. The lowest BCUT2D eigenvalue weighted by Gasteiger charge is -2.04. The van der Waals surface area contributed by atoms with Crippen LogP contribution in [0.5, 0.6) is 0 Å². The van der Waals surface area contributed by atoms with Crippen molar-refractivity contribution in [3.05, 3.63) is 40.4 Å². The minimum absolute atomic E-state index is 0.0356. The SMILES string of the molecule is Cc1nnsc1C(=O)Nc1ccc(CC(=O)O)cc1. The Morgan fingerprint density at radius 1 is 1.32 bits per heavy atom. The molecule has 0 aliphatic carbocycles. The summed E-state index contributed by atoms with van der Waals surface area (Å²) in [6.07, 6.45) is -0.0356. The van der Waals surface area contributed by atoms with Gasteiger partial charge in [-0.15, -0.1) is 5.10 Å². The van der Waals surface area contributed by atoms with Crippen molar-refractivity contribution in [2.45, 2.75) is 13.3 Å². The zero-order chi connectivity index (χ0) is 13.8. The van der Waals surface area contributed by atoms with Crippen LogP contribution in [0.2, 0.25) is 0 Å². The van der Waals surface area contributed by atoms with E-state index >= 15 is 0 Å². The second kappa shape index (κ2) is 5.57. The highest BCUT2D eigenvalue weighted by atomic mass is 32.1. The van der Waals surface area contributed by atoms with Crippen molar-refractivity contribution in [2.24, 2.45) is 0 Å². The summed E-state index contributed by atoms with van der Waals surface area (Å²) < 4.78 is 3.70. The molecule has 0 saturated carbocycles. The Bertz CT molecular complexity index is 607. The lowest BCUT2D eigenvalue weighted by Crippen LogP contribution is -2.11. The fourth-order valence-electron chi connectivity index (χ4n) is 1.51. The number of nitrogens with zero attached hydrogens (tertiary/aromatic N) is 2. The summed E-state index contributed by atoms with van der Waals surface area (Å²) in [5.41, 5.74) is 1.87. The number of carboxylic acids is 1. The van der Waals surface area contributed by atoms with Gasteiger partial charge in [0.15, 0.2) is 0 Å². The molecule has 6 nitrogen and oxygen atoms in total. The van der Waals surface area contributed by atoms with Gasteiger partial charge in [0, 0.05) is 5.69 Å². The summed E-state index contributed by atoms with van der Waals surface area (Å²) in [5.74, 6) is -1.15. The van der Waals surface area contributed by atoms with Gasteiger partial charge in [-0.1, -0.05) is 16.6 Å². The van der Waals surface area contributed by atoms with E-state index in [1.165, 1.54) is 0 Å². The van der Waals surface area contributed by atoms with Crippen LogP contribution >= 0.6 is 11.5 Å². The molecule has 1 heterocycles. The van der Waals surface area contributed by atoms with Crippen molar-refractivity contribution in [3.8, 4) is 0 Å². The molecule has 0 fully saturated rings. The molecule has 98 valence electrons. The van der Waals surface area contributed by atoms with Gasteiger partial charge in [0.1, 0.15) is 4.88 Å². The average Bonchev–Trinajstić information content (AvgIpc) is 2.77. The number of rotatable bonds is 4. The van der Waals surface area contributed by atoms with Gasteiger partial charge >= 0.3 is 5.97 Å². The molecule has 1 aromatic carbocycles. The molecule has 0 aliphatic heterocycles. The van der Waals surface area contributed by atoms with Crippen molar-refractivity contribution in [2.75, 3.05) is 5.32 Å². The van der Waals surface area contributed by atoms with E-state index in [1.54, 1.807) is 31.2 Å². The smallest absolute Gasteiger partial charge is 0.307 e. The largest absolute Gasteiger partial charge is 0.481 e. The first kappa shape index (κ1) is 13.2. The van der Waals surface area contributed by atoms with E-state index in [4.69, 9.17) is 5.11 Å². The Balaban J connectivity index is 2.06. The van der Waals surface area contributed by atoms with E-state index in [-0.39, 0.29) is 12.3 Å². The average molecular weight is 277 g/mol. The quantitative estimate of drug-likeness (QED) is 0.887. The Labute approximate surface area is 113 Å². The number of carbonyl (C=O) groups excluding carboxylic acids is 1. The maximum atomic E-state index is 11.9. The highest BCUT2D eigenvalue weighted by Crippen LogP contribution is 2.14. The van der Waals surface area contributed by atoms with Crippen LogP contribution in [0.3, 0.4) is 0 Å². The molecule has 1 aromatic heterocycles. The van der Waals surface area contributed by atoms with Crippen molar-refractivity contribution in [1.29, 1.82) is 0 Å². The number of amides is 1. The molecule has 0 atom stereocenters. The van der Waals surface area contributed by atoms with E-state index in [9.17, 15) is 9.59 Å². The zero-order valence-electron chi connectivity index (χ0n) is 10.1. The fraction of sp³-hybridized carbons (Fsp3) is 0.167. The highest BCUT2D eigenvalue weighted by molar-refractivity contribution is 7.08. The number of aryl methyl sites for hydroxylation is 1. The predicted molar refractivity (Wildman–Crippen MR) is 70.4 cm³/mol. The number of anilines is 1. The molecular weight excluding hydrogens is 266 g/mol. The number of benzene rings is 1.